The molecule has 0 radical (unpaired) electrons. The van der Waals surface area contributed by atoms with E-state index in [0.29, 0.717) is 5.69 Å². The molecule has 3 N–H and O–H groups in total. The average Bonchev–Trinajstić information content (AvgIpc) is 2.37. The predicted octanol–water partition coefficient (Wildman–Crippen LogP) is 3.12. The van der Waals surface area contributed by atoms with Gasteiger partial charge in [-0.2, -0.15) is 0 Å². The van der Waals surface area contributed by atoms with E-state index in [4.69, 9.17) is 5.73 Å². The van der Waals surface area contributed by atoms with Gasteiger partial charge in [0.25, 0.3) is 10.0 Å². The van der Waals surface area contributed by atoms with Gasteiger partial charge in [-0.05, 0) is 44.0 Å². The number of rotatable bonds is 4. The lowest BCUT2D eigenvalue weighted by Gasteiger charge is -2.16. The van der Waals surface area contributed by atoms with Crippen LogP contribution in [0.5, 0.6) is 0 Å². The first kappa shape index (κ1) is 15.5. The van der Waals surface area contributed by atoms with E-state index in [-0.39, 0.29) is 10.9 Å². The molecule has 21 heavy (non-hydrogen) atoms. The van der Waals surface area contributed by atoms with E-state index in [0.717, 1.165) is 16.7 Å². The number of sulfonamides is 1. The molecule has 1 atom stereocenters. The SMILES string of the molecule is Cc1ccc(S(=O)(=O)Nc2ccccc2C(C)N)c(C)c1. The number of hydrogen-bond donors (Lipinski definition) is 2. The van der Waals surface area contributed by atoms with Gasteiger partial charge in [-0.25, -0.2) is 8.42 Å². The van der Waals surface area contributed by atoms with Gasteiger partial charge in [0, 0.05) is 6.04 Å². The second kappa shape index (κ2) is 5.87. The van der Waals surface area contributed by atoms with Crippen LogP contribution in [0.15, 0.2) is 47.4 Å². The molecule has 0 heterocycles. The Hall–Kier alpha value is -1.85. The highest BCUT2D eigenvalue weighted by molar-refractivity contribution is 7.92. The van der Waals surface area contributed by atoms with Crippen LogP contribution in [0.3, 0.4) is 0 Å². The van der Waals surface area contributed by atoms with Gasteiger partial charge >= 0.3 is 0 Å². The molecule has 0 saturated heterocycles. The molecule has 0 amide bonds. The van der Waals surface area contributed by atoms with Gasteiger partial charge in [0.15, 0.2) is 0 Å². The van der Waals surface area contributed by atoms with Crippen molar-refractivity contribution >= 4 is 15.7 Å². The van der Waals surface area contributed by atoms with Crippen LogP contribution >= 0.6 is 0 Å². The quantitative estimate of drug-likeness (QED) is 0.911. The van der Waals surface area contributed by atoms with E-state index in [1.54, 1.807) is 31.2 Å². The van der Waals surface area contributed by atoms with Crippen LogP contribution in [-0.4, -0.2) is 8.42 Å². The molecule has 5 heteroatoms. The number of aryl methyl sites for hydroxylation is 2. The molecule has 0 aliphatic carbocycles. The molecule has 0 fully saturated rings. The van der Waals surface area contributed by atoms with Crippen LogP contribution in [0.25, 0.3) is 0 Å². The Labute approximate surface area is 126 Å². The number of para-hydroxylation sites is 1. The third kappa shape index (κ3) is 3.43. The summed E-state index contributed by atoms with van der Waals surface area (Å²) in [5.41, 5.74) is 8.93. The van der Waals surface area contributed by atoms with Gasteiger partial charge in [-0.15, -0.1) is 0 Å². The van der Waals surface area contributed by atoms with Gasteiger partial charge in [-0.3, -0.25) is 4.72 Å². The van der Waals surface area contributed by atoms with Crippen molar-refractivity contribution in [2.24, 2.45) is 5.73 Å². The Bertz CT molecular complexity index is 753. The van der Waals surface area contributed by atoms with Gasteiger partial charge < -0.3 is 5.73 Å². The molecule has 4 nitrogen and oxygen atoms in total. The van der Waals surface area contributed by atoms with Gasteiger partial charge in [0.2, 0.25) is 0 Å². The molecule has 0 bridgehead atoms. The maximum Gasteiger partial charge on any atom is 0.262 e. The van der Waals surface area contributed by atoms with Crippen molar-refractivity contribution in [1.29, 1.82) is 0 Å². The summed E-state index contributed by atoms with van der Waals surface area (Å²) in [5.74, 6) is 0. The zero-order valence-corrected chi connectivity index (χ0v) is 13.2. The molecule has 2 aromatic rings. The number of nitrogens with two attached hydrogens (primary N) is 1. The Morgan fingerprint density at radius 1 is 1.10 bits per heavy atom. The molecule has 1 unspecified atom stereocenters. The fourth-order valence-corrected chi connectivity index (χ4v) is 3.60. The van der Waals surface area contributed by atoms with Crippen LogP contribution < -0.4 is 10.5 Å². The lowest BCUT2D eigenvalue weighted by molar-refractivity contribution is 0.600. The summed E-state index contributed by atoms with van der Waals surface area (Å²) in [4.78, 5) is 0.285. The monoisotopic (exact) mass is 304 g/mol. The summed E-state index contributed by atoms with van der Waals surface area (Å²) >= 11 is 0. The number of anilines is 1. The minimum atomic E-state index is -3.62. The Balaban J connectivity index is 2.43. The lowest BCUT2D eigenvalue weighted by atomic mass is 10.1. The highest BCUT2D eigenvalue weighted by atomic mass is 32.2. The molecule has 0 aliphatic heterocycles. The summed E-state index contributed by atoms with van der Waals surface area (Å²) in [6.45, 7) is 5.55. The normalized spacial score (nSPS) is 13.0. The van der Waals surface area contributed by atoms with Crippen LogP contribution in [0.4, 0.5) is 5.69 Å². The topological polar surface area (TPSA) is 72.2 Å². The lowest BCUT2D eigenvalue weighted by Crippen LogP contribution is -2.17. The molecule has 112 valence electrons. The average molecular weight is 304 g/mol. The molecule has 0 aliphatic rings. The summed E-state index contributed by atoms with van der Waals surface area (Å²) in [7, 11) is -3.62. The highest BCUT2D eigenvalue weighted by Gasteiger charge is 2.18. The molecular formula is C16H20N2O2S. The van der Waals surface area contributed by atoms with Crippen molar-refractivity contribution < 1.29 is 8.42 Å². The van der Waals surface area contributed by atoms with Gasteiger partial charge in [0.05, 0.1) is 10.6 Å². The fourth-order valence-electron chi connectivity index (χ4n) is 2.29. The van der Waals surface area contributed by atoms with Crippen LogP contribution in [0.1, 0.15) is 29.7 Å². The standard InChI is InChI=1S/C16H20N2O2S/c1-11-8-9-16(12(2)10-11)21(19,20)18-15-7-5-4-6-14(15)13(3)17/h4-10,13,18H,17H2,1-3H3. The van der Waals surface area contributed by atoms with Crippen LogP contribution in [0.2, 0.25) is 0 Å². The largest absolute Gasteiger partial charge is 0.324 e. The van der Waals surface area contributed by atoms with E-state index < -0.39 is 10.0 Å². The Morgan fingerprint density at radius 2 is 1.76 bits per heavy atom. The number of hydrogen-bond acceptors (Lipinski definition) is 3. The number of benzene rings is 2. The summed E-state index contributed by atoms with van der Waals surface area (Å²) in [6.07, 6.45) is 0. The second-order valence-corrected chi connectivity index (χ2v) is 6.90. The smallest absolute Gasteiger partial charge is 0.262 e. The Morgan fingerprint density at radius 3 is 2.38 bits per heavy atom. The Kier molecular flexibility index (Phi) is 4.34. The maximum atomic E-state index is 12.6. The van der Waals surface area contributed by atoms with Gasteiger partial charge in [0.1, 0.15) is 0 Å². The van der Waals surface area contributed by atoms with Crippen molar-refractivity contribution in [3.8, 4) is 0 Å². The van der Waals surface area contributed by atoms with Crippen molar-refractivity contribution in [3.63, 3.8) is 0 Å². The van der Waals surface area contributed by atoms with Crippen molar-refractivity contribution in [2.75, 3.05) is 4.72 Å². The van der Waals surface area contributed by atoms with Crippen molar-refractivity contribution in [3.05, 3.63) is 59.2 Å². The first-order chi connectivity index (χ1) is 9.81. The third-order valence-corrected chi connectivity index (χ3v) is 4.84. The van der Waals surface area contributed by atoms with Gasteiger partial charge in [-0.1, -0.05) is 35.9 Å². The summed E-state index contributed by atoms with van der Waals surface area (Å²) < 4.78 is 27.8. The minimum Gasteiger partial charge on any atom is -0.324 e. The maximum absolute atomic E-state index is 12.6. The van der Waals surface area contributed by atoms with E-state index in [9.17, 15) is 8.42 Å². The molecule has 0 spiro atoms. The molecule has 0 aromatic heterocycles. The first-order valence-electron chi connectivity index (χ1n) is 6.76. The molecular weight excluding hydrogens is 284 g/mol. The second-order valence-electron chi connectivity index (χ2n) is 5.25. The zero-order chi connectivity index (χ0) is 15.6. The third-order valence-electron chi connectivity index (χ3n) is 3.32. The van der Waals surface area contributed by atoms with E-state index in [2.05, 4.69) is 4.72 Å². The van der Waals surface area contributed by atoms with Crippen LogP contribution in [-0.2, 0) is 10.0 Å². The molecule has 2 rings (SSSR count). The van der Waals surface area contributed by atoms with E-state index in [1.807, 2.05) is 32.0 Å². The van der Waals surface area contributed by atoms with E-state index >= 15 is 0 Å². The summed E-state index contributed by atoms with van der Waals surface area (Å²) in [6, 6.07) is 12.2. The molecule has 2 aromatic carbocycles. The van der Waals surface area contributed by atoms with E-state index in [1.165, 1.54) is 0 Å². The number of nitrogens with one attached hydrogen (secondary N) is 1. The highest BCUT2D eigenvalue weighted by Crippen LogP contribution is 2.25. The summed E-state index contributed by atoms with van der Waals surface area (Å²) in [5, 5.41) is 0. The van der Waals surface area contributed by atoms with Crippen molar-refractivity contribution in [2.45, 2.75) is 31.7 Å². The zero-order valence-electron chi connectivity index (χ0n) is 12.4. The van der Waals surface area contributed by atoms with Crippen molar-refractivity contribution in [1.82, 2.24) is 0 Å². The minimum absolute atomic E-state index is 0.247. The van der Waals surface area contributed by atoms with Crippen LogP contribution in [0, 0.1) is 13.8 Å². The first-order valence-corrected chi connectivity index (χ1v) is 8.24. The molecule has 0 saturated carbocycles. The predicted molar refractivity (Wildman–Crippen MR) is 85.8 cm³/mol. The fraction of sp³-hybridized carbons (Fsp3) is 0.250.